The van der Waals surface area contributed by atoms with Crippen LogP contribution < -0.4 is 4.74 Å². The Morgan fingerprint density at radius 3 is 2.41 bits per heavy atom. The van der Waals surface area contributed by atoms with Crippen LogP contribution in [-0.4, -0.2) is 44.4 Å². The SMILES string of the molecule is CC(C)(C)c1cc(C2CCCC(C(C)(C)C)C2)ccc1OCCN1CCOCC1. The fraction of sp³-hybridized carbons (Fsp3) is 0.769. The lowest BCUT2D eigenvalue weighted by Gasteiger charge is -2.38. The quantitative estimate of drug-likeness (QED) is 0.602. The van der Waals surface area contributed by atoms with Crippen LogP contribution in [0.5, 0.6) is 5.75 Å². The van der Waals surface area contributed by atoms with Crippen LogP contribution in [0.4, 0.5) is 0 Å². The molecule has 1 heterocycles. The van der Waals surface area contributed by atoms with Gasteiger partial charge in [0.1, 0.15) is 12.4 Å². The van der Waals surface area contributed by atoms with Crippen molar-refractivity contribution < 1.29 is 9.47 Å². The van der Waals surface area contributed by atoms with Crippen LogP contribution in [0.15, 0.2) is 18.2 Å². The van der Waals surface area contributed by atoms with E-state index in [0.29, 0.717) is 11.3 Å². The van der Waals surface area contributed by atoms with Crippen LogP contribution in [-0.2, 0) is 10.2 Å². The second-order valence-corrected chi connectivity index (χ2v) is 11.2. The Labute approximate surface area is 179 Å². The van der Waals surface area contributed by atoms with Gasteiger partial charge in [0, 0.05) is 19.6 Å². The minimum Gasteiger partial charge on any atom is -0.492 e. The second-order valence-electron chi connectivity index (χ2n) is 11.2. The van der Waals surface area contributed by atoms with Gasteiger partial charge < -0.3 is 9.47 Å². The molecule has 3 heteroatoms. The van der Waals surface area contributed by atoms with E-state index >= 15 is 0 Å². The Hall–Kier alpha value is -1.06. The normalized spacial score (nSPS) is 24.5. The summed E-state index contributed by atoms with van der Waals surface area (Å²) in [6.45, 7) is 19.6. The van der Waals surface area contributed by atoms with Gasteiger partial charge >= 0.3 is 0 Å². The maximum atomic E-state index is 6.30. The van der Waals surface area contributed by atoms with E-state index in [9.17, 15) is 0 Å². The Morgan fingerprint density at radius 2 is 1.76 bits per heavy atom. The summed E-state index contributed by atoms with van der Waals surface area (Å²) in [6.07, 6.45) is 5.39. The van der Waals surface area contributed by atoms with Crippen molar-refractivity contribution in [3.05, 3.63) is 29.3 Å². The Balaban J connectivity index is 1.70. The molecule has 29 heavy (non-hydrogen) atoms. The maximum absolute atomic E-state index is 6.30. The first-order chi connectivity index (χ1) is 13.6. The third kappa shape index (κ3) is 6.21. The fourth-order valence-electron chi connectivity index (χ4n) is 4.90. The van der Waals surface area contributed by atoms with Gasteiger partial charge in [-0.05, 0) is 59.1 Å². The summed E-state index contributed by atoms with van der Waals surface area (Å²) in [5.74, 6) is 2.58. The molecule has 164 valence electrons. The molecule has 1 saturated carbocycles. The fourth-order valence-corrected chi connectivity index (χ4v) is 4.90. The summed E-state index contributed by atoms with van der Waals surface area (Å²) < 4.78 is 11.7. The molecule has 1 saturated heterocycles. The molecule has 1 aromatic rings. The van der Waals surface area contributed by atoms with Gasteiger partial charge in [0.25, 0.3) is 0 Å². The number of benzene rings is 1. The molecule has 1 aliphatic carbocycles. The van der Waals surface area contributed by atoms with Crippen LogP contribution in [0.1, 0.15) is 84.3 Å². The zero-order chi connectivity index (χ0) is 21.1. The zero-order valence-electron chi connectivity index (χ0n) is 19.7. The van der Waals surface area contributed by atoms with Crippen LogP contribution in [0.3, 0.4) is 0 Å². The molecular formula is C26H43NO2. The van der Waals surface area contributed by atoms with Crippen molar-refractivity contribution in [3.8, 4) is 5.75 Å². The molecule has 2 atom stereocenters. The van der Waals surface area contributed by atoms with Gasteiger partial charge in [0.15, 0.2) is 0 Å². The molecule has 1 aliphatic heterocycles. The van der Waals surface area contributed by atoms with Gasteiger partial charge in [0.2, 0.25) is 0 Å². The van der Waals surface area contributed by atoms with Crippen molar-refractivity contribution in [2.45, 2.75) is 78.6 Å². The molecule has 0 amide bonds. The molecule has 0 spiro atoms. The molecule has 3 rings (SSSR count). The van der Waals surface area contributed by atoms with E-state index in [2.05, 4.69) is 64.6 Å². The van der Waals surface area contributed by atoms with Gasteiger partial charge in [-0.1, -0.05) is 60.1 Å². The Morgan fingerprint density at radius 1 is 1.03 bits per heavy atom. The lowest BCUT2D eigenvalue weighted by atomic mass is 9.67. The van der Waals surface area contributed by atoms with E-state index in [1.54, 1.807) is 0 Å². The minimum atomic E-state index is 0.0857. The van der Waals surface area contributed by atoms with Crippen molar-refractivity contribution in [2.24, 2.45) is 11.3 Å². The zero-order valence-corrected chi connectivity index (χ0v) is 19.7. The van der Waals surface area contributed by atoms with Crippen LogP contribution >= 0.6 is 0 Å². The number of hydrogen-bond acceptors (Lipinski definition) is 3. The lowest BCUT2D eigenvalue weighted by Crippen LogP contribution is -2.38. The standard InChI is InChI=1S/C26H43NO2/c1-25(2,3)22-9-7-8-20(18-22)21-10-11-24(23(19-21)26(4,5)6)29-17-14-27-12-15-28-16-13-27/h10-11,19-20,22H,7-9,12-18H2,1-6H3. The summed E-state index contributed by atoms with van der Waals surface area (Å²) in [5.41, 5.74) is 3.37. The number of ether oxygens (including phenoxy) is 2. The van der Waals surface area contributed by atoms with Crippen molar-refractivity contribution in [2.75, 3.05) is 39.5 Å². The van der Waals surface area contributed by atoms with Crippen LogP contribution in [0.25, 0.3) is 0 Å². The maximum Gasteiger partial charge on any atom is 0.123 e. The van der Waals surface area contributed by atoms with E-state index in [1.165, 1.54) is 36.8 Å². The molecular weight excluding hydrogens is 358 g/mol. The molecule has 0 bridgehead atoms. The average Bonchev–Trinajstić information content (AvgIpc) is 2.68. The predicted octanol–water partition coefficient (Wildman–Crippen LogP) is 6.02. The highest BCUT2D eigenvalue weighted by Gasteiger charge is 2.32. The third-order valence-electron chi connectivity index (χ3n) is 6.95. The minimum absolute atomic E-state index is 0.0857. The van der Waals surface area contributed by atoms with Crippen molar-refractivity contribution >= 4 is 0 Å². The monoisotopic (exact) mass is 401 g/mol. The highest BCUT2D eigenvalue weighted by atomic mass is 16.5. The van der Waals surface area contributed by atoms with E-state index in [0.717, 1.165) is 51.1 Å². The van der Waals surface area contributed by atoms with Crippen molar-refractivity contribution in [1.82, 2.24) is 4.90 Å². The predicted molar refractivity (Wildman–Crippen MR) is 122 cm³/mol. The highest BCUT2D eigenvalue weighted by Crippen LogP contribution is 2.45. The smallest absolute Gasteiger partial charge is 0.123 e. The van der Waals surface area contributed by atoms with Crippen molar-refractivity contribution in [1.29, 1.82) is 0 Å². The summed E-state index contributed by atoms with van der Waals surface area (Å²) >= 11 is 0. The summed E-state index contributed by atoms with van der Waals surface area (Å²) in [5, 5.41) is 0. The molecule has 2 unspecified atom stereocenters. The average molecular weight is 402 g/mol. The Bertz CT molecular complexity index is 650. The van der Waals surface area contributed by atoms with Crippen LogP contribution in [0, 0.1) is 11.3 Å². The molecule has 2 aliphatic rings. The van der Waals surface area contributed by atoms with Gasteiger partial charge in [-0.25, -0.2) is 0 Å². The van der Waals surface area contributed by atoms with Gasteiger partial charge in [0.05, 0.1) is 13.2 Å². The lowest BCUT2D eigenvalue weighted by molar-refractivity contribution is 0.0321. The van der Waals surface area contributed by atoms with E-state index < -0.39 is 0 Å². The molecule has 0 aromatic heterocycles. The summed E-state index contributed by atoms with van der Waals surface area (Å²) in [4.78, 5) is 2.43. The molecule has 1 aromatic carbocycles. The molecule has 3 nitrogen and oxygen atoms in total. The van der Waals surface area contributed by atoms with Gasteiger partial charge in [-0.2, -0.15) is 0 Å². The topological polar surface area (TPSA) is 21.7 Å². The number of rotatable bonds is 5. The molecule has 0 N–H and O–H groups in total. The van der Waals surface area contributed by atoms with E-state index in [4.69, 9.17) is 9.47 Å². The third-order valence-corrected chi connectivity index (χ3v) is 6.95. The first kappa shape index (κ1) is 22.6. The number of nitrogens with zero attached hydrogens (tertiary/aromatic N) is 1. The number of hydrogen-bond donors (Lipinski definition) is 0. The second kappa shape index (κ2) is 9.39. The van der Waals surface area contributed by atoms with E-state index in [1.807, 2.05) is 0 Å². The van der Waals surface area contributed by atoms with Crippen molar-refractivity contribution in [3.63, 3.8) is 0 Å². The largest absolute Gasteiger partial charge is 0.492 e. The Kier molecular flexibility index (Phi) is 7.32. The first-order valence-corrected chi connectivity index (χ1v) is 11.7. The number of morpholine rings is 1. The highest BCUT2D eigenvalue weighted by molar-refractivity contribution is 5.43. The first-order valence-electron chi connectivity index (χ1n) is 11.7. The van der Waals surface area contributed by atoms with Gasteiger partial charge in [-0.15, -0.1) is 0 Å². The van der Waals surface area contributed by atoms with E-state index in [-0.39, 0.29) is 5.41 Å². The molecule has 2 fully saturated rings. The van der Waals surface area contributed by atoms with Crippen LogP contribution in [0.2, 0.25) is 0 Å². The van der Waals surface area contributed by atoms with Gasteiger partial charge in [-0.3, -0.25) is 4.90 Å². The summed E-state index contributed by atoms with van der Waals surface area (Å²) in [6, 6.07) is 7.05. The molecule has 0 radical (unpaired) electrons. The summed E-state index contributed by atoms with van der Waals surface area (Å²) in [7, 11) is 0.